The van der Waals surface area contributed by atoms with E-state index in [1.54, 1.807) is 12.1 Å². The van der Waals surface area contributed by atoms with E-state index in [9.17, 15) is 4.39 Å². The summed E-state index contributed by atoms with van der Waals surface area (Å²) in [5.74, 6) is -0.416. The Morgan fingerprint density at radius 3 is 2.44 bits per heavy atom. The molecule has 1 aromatic heterocycles. The van der Waals surface area contributed by atoms with E-state index in [0.29, 0.717) is 5.02 Å². The van der Waals surface area contributed by atoms with Crippen LogP contribution in [0.15, 0.2) is 24.3 Å². The Morgan fingerprint density at radius 2 is 1.94 bits per heavy atom. The SMILES string of the molecule is Cc1cc(Cl)c(C)n1-c1ccc(N)c(F)c1. The molecule has 2 rings (SSSR count). The van der Waals surface area contributed by atoms with Gasteiger partial charge in [0.1, 0.15) is 5.82 Å². The number of rotatable bonds is 1. The number of hydrogen-bond acceptors (Lipinski definition) is 1. The second kappa shape index (κ2) is 3.83. The summed E-state index contributed by atoms with van der Waals surface area (Å²) < 4.78 is 15.3. The van der Waals surface area contributed by atoms with Gasteiger partial charge in [-0.3, -0.25) is 0 Å². The summed E-state index contributed by atoms with van der Waals surface area (Å²) >= 11 is 6.02. The van der Waals surface area contributed by atoms with E-state index >= 15 is 0 Å². The Bertz CT molecular complexity index is 546. The van der Waals surface area contributed by atoms with E-state index in [1.807, 2.05) is 24.5 Å². The van der Waals surface area contributed by atoms with Gasteiger partial charge in [0.2, 0.25) is 0 Å². The van der Waals surface area contributed by atoms with Gasteiger partial charge in [-0.05, 0) is 38.1 Å². The van der Waals surface area contributed by atoms with Crippen molar-refractivity contribution in [1.82, 2.24) is 4.57 Å². The lowest BCUT2D eigenvalue weighted by Gasteiger charge is -2.10. The molecule has 0 fully saturated rings. The van der Waals surface area contributed by atoms with E-state index in [2.05, 4.69) is 0 Å². The van der Waals surface area contributed by atoms with E-state index < -0.39 is 5.82 Å². The van der Waals surface area contributed by atoms with E-state index in [0.717, 1.165) is 17.1 Å². The predicted molar refractivity (Wildman–Crippen MR) is 64.6 cm³/mol. The summed E-state index contributed by atoms with van der Waals surface area (Å²) in [6, 6.07) is 6.59. The van der Waals surface area contributed by atoms with Crippen LogP contribution in [0, 0.1) is 19.7 Å². The first-order valence-electron chi connectivity index (χ1n) is 4.90. The van der Waals surface area contributed by atoms with Crippen molar-refractivity contribution in [2.75, 3.05) is 5.73 Å². The Kier molecular flexibility index (Phi) is 2.64. The van der Waals surface area contributed by atoms with Crippen LogP contribution >= 0.6 is 11.6 Å². The van der Waals surface area contributed by atoms with Gasteiger partial charge in [-0.1, -0.05) is 11.6 Å². The molecule has 0 aliphatic carbocycles. The van der Waals surface area contributed by atoms with Crippen LogP contribution in [0.1, 0.15) is 11.4 Å². The fourth-order valence-corrected chi connectivity index (χ4v) is 2.02. The summed E-state index contributed by atoms with van der Waals surface area (Å²) in [7, 11) is 0. The van der Waals surface area contributed by atoms with Gasteiger partial charge in [0, 0.05) is 17.1 Å². The van der Waals surface area contributed by atoms with Crippen molar-refractivity contribution in [3.8, 4) is 5.69 Å². The number of halogens is 2. The second-order valence-corrected chi connectivity index (χ2v) is 4.17. The quantitative estimate of drug-likeness (QED) is 0.758. The van der Waals surface area contributed by atoms with Crippen LogP contribution in [-0.2, 0) is 0 Å². The summed E-state index contributed by atoms with van der Waals surface area (Å²) in [4.78, 5) is 0. The Labute approximate surface area is 98.4 Å². The topological polar surface area (TPSA) is 30.9 Å². The maximum absolute atomic E-state index is 13.4. The third-order valence-corrected chi connectivity index (χ3v) is 2.99. The number of nitrogens with zero attached hydrogens (tertiary/aromatic N) is 1. The molecule has 84 valence electrons. The molecule has 1 aromatic carbocycles. The van der Waals surface area contributed by atoms with Crippen molar-refractivity contribution < 1.29 is 4.39 Å². The molecule has 0 aliphatic rings. The maximum Gasteiger partial charge on any atom is 0.148 e. The minimum Gasteiger partial charge on any atom is -0.396 e. The Morgan fingerprint density at radius 1 is 1.25 bits per heavy atom. The first kappa shape index (κ1) is 11.0. The van der Waals surface area contributed by atoms with Gasteiger partial charge in [-0.25, -0.2) is 4.39 Å². The standard InChI is InChI=1S/C12H12ClFN2/c1-7-5-10(13)8(2)16(7)9-3-4-12(15)11(14)6-9/h3-6H,15H2,1-2H3. The zero-order valence-corrected chi connectivity index (χ0v) is 9.85. The van der Waals surface area contributed by atoms with Gasteiger partial charge >= 0.3 is 0 Å². The van der Waals surface area contributed by atoms with E-state index in [-0.39, 0.29) is 5.69 Å². The maximum atomic E-state index is 13.4. The third kappa shape index (κ3) is 1.67. The zero-order chi connectivity index (χ0) is 11.9. The average molecular weight is 239 g/mol. The van der Waals surface area contributed by atoms with Crippen LogP contribution in [-0.4, -0.2) is 4.57 Å². The summed E-state index contributed by atoms with van der Waals surface area (Å²) in [5.41, 5.74) is 8.17. The van der Waals surface area contributed by atoms with E-state index in [4.69, 9.17) is 17.3 Å². The summed E-state index contributed by atoms with van der Waals surface area (Å²) in [6.07, 6.45) is 0. The van der Waals surface area contributed by atoms with Gasteiger partial charge in [0.15, 0.2) is 0 Å². The number of anilines is 1. The smallest absolute Gasteiger partial charge is 0.148 e. The predicted octanol–water partition coefficient (Wildman–Crippen LogP) is 3.47. The highest BCUT2D eigenvalue weighted by Crippen LogP contribution is 2.25. The molecule has 0 amide bonds. The summed E-state index contributed by atoms with van der Waals surface area (Å²) in [5, 5.41) is 0.676. The lowest BCUT2D eigenvalue weighted by molar-refractivity contribution is 0.631. The largest absolute Gasteiger partial charge is 0.396 e. The molecule has 0 unspecified atom stereocenters. The molecule has 1 heterocycles. The summed E-state index contributed by atoms with van der Waals surface area (Å²) in [6.45, 7) is 3.82. The van der Waals surface area contributed by atoms with Gasteiger partial charge < -0.3 is 10.3 Å². The number of aromatic nitrogens is 1. The van der Waals surface area contributed by atoms with Crippen molar-refractivity contribution in [3.05, 3.63) is 46.5 Å². The molecule has 4 heteroatoms. The molecule has 0 bridgehead atoms. The van der Waals surface area contributed by atoms with Crippen LogP contribution in [0.5, 0.6) is 0 Å². The minimum atomic E-state index is -0.416. The van der Waals surface area contributed by atoms with Crippen LogP contribution in [0.25, 0.3) is 5.69 Å². The molecular formula is C12H12ClFN2. The number of hydrogen-bond donors (Lipinski definition) is 1. The van der Waals surface area contributed by atoms with Crippen molar-refractivity contribution in [2.24, 2.45) is 0 Å². The van der Waals surface area contributed by atoms with Gasteiger partial charge in [0.25, 0.3) is 0 Å². The highest BCUT2D eigenvalue weighted by Gasteiger charge is 2.10. The molecule has 0 atom stereocenters. The number of benzene rings is 1. The average Bonchev–Trinajstić information content (AvgIpc) is 2.47. The van der Waals surface area contributed by atoms with Crippen molar-refractivity contribution in [1.29, 1.82) is 0 Å². The highest BCUT2D eigenvalue weighted by atomic mass is 35.5. The van der Waals surface area contributed by atoms with Gasteiger partial charge in [0.05, 0.1) is 10.7 Å². The van der Waals surface area contributed by atoms with Gasteiger partial charge in [-0.2, -0.15) is 0 Å². The molecule has 0 aliphatic heterocycles. The fraction of sp³-hybridized carbons (Fsp3) is 0.167. The van der Waals surface area contributed by atoms with Crippen molar-refractivity contribution in [2.45, 2.75) is 13.8 Å². The lowest BCUT2D eigenvalue weighted by atomic mass is 10.2. The fourth-order valence-electron chi connectivity index (χ4n) is 1.78. The highest BCUT2D eigenvalue weighted by molar-refractivity contribution is 6.31. The van der Waals surface area contributed by atoms with Crippen LogP contribution < -0.4 is 5.73 Å². The molecule has 0 saturated carbocycles. The monoisotopic (exact) mass is 238 g/mol. The first-order valence-corrected chi connectivity index (χ1v) is 5.28. The Hall–Kier alpha value is -1.48. The molecule has 2 aromatic rings. The number of nitrogens with two attached hydrogens (primary N) is 1. The molecule has 2 N–H and O–H groups in total. The molecule has 0 saturated heterocycles. The van der Waals surface area contributed by atoms with Gasteiger partial charge in [-0.15, -0.1) is 0 Å². The minimum absolute atomic E-state index is 0.150. The zero-order valence-electron chi connectivity index (χ0n) is 9.09. The number of aryl methyl sites for hydroxylation is 1. The molecule has 0 radical (unpaired) electrons. The van der Waals surface area contributed by atoms with E-state index in [1.165, 1.54) is 6.07 Å². The normalized spacial score (nSPS) is 10.8. The second-order valence-electron chi connectivity index (χ2n) is 3.76. The van der Waals surface area contributed by atoms with Crippen LogP contribution in [0.4, 0.5) is 10.1 Å². The first-order chi connectivity index (χ1) is 7.50. The van der Waals surface area contributed by atoms with Crippen LogP contribution in [0.3, 0.4) is 0 Å². The molecule has 0 spiro atoms. The third-order valence-electron chi connectivity index (χ3n) is 2.61. The van der Waals surface area contributed by atoms with Crippen LogP contribution in [0.2, 0.25) is 5.02 Å². The Balaban J connectivity index is 2.63. The molecule has 2 nitrogen and oxygen atoms in total. The lowest BCUT2D eigenvalue weighted by Crippen LogP contribution is -2.00. The molecular weight excluding hydrogens is 227 g/mol. The van der Waals surface area contributed by atoms with Crippen molar-refractivity contribution >= 4 is 17.3 Å². The van der Waals surface area contributed by atoms with Crippen molar-refractivity contribution in [3.63, 3.8) is 0 Å². The molecule has 16 heavy (non-hydrogen) atoms. The number of nitrogen functional groups attached to an aromatic ring is 1.